The number of carbonyl (C=O) groups is 1. The highest BCUT2D eigenvalue weighted by molar-refractivity contribution is 7.98. The number of nitrogens with zero attached hydrogens (tertiary/aromatic N) is 3. The molecule has 0 saturated heterocycles. The third kappa shape index (κ3) is 3.82. The number of carbonyl (C=O) groups excluding carboxylic acids is 1. The second kappa shape index (κ2) is 6.49. The van der Waals surface area contributed by atoms with Crippen LogP contribution in [0.3, 0.4) is 0 Å². The molecule has 0 saturated carbocycles. The summed E-state index contributed by atoms with van der Waals surface area (Å²) in [5, 5.41) is 6.43. The Morgan fingerprint density at radius 3 is 3.06 bits per heavy atom. The molecule has 0 spiro atoms. The Morgan fingerprint density at radius 2 is 2.50 bits per heavy atom. The highest BCUT2D eigenvalue weighted by Crippen LogP contribution is 2.03. The summed E-state index contributed by atoms with van der Waals surface area (Å²) in [6.45, 7) is 0.409. The smallest absolute Gasteiger partial charge is 0.239 e. The van der Waals surface area contributed by atoms with E-state index in [4.69, 9.17) is 5.73 Å². The number of aromatic amines is 1. The van der Waals surface area contributed by atoms with Crippen LogP contribution in [0.25, 0.3) is 0 Å². The van der Waals surface area contributed by atoms with Gasteiger partial charge in [-0.2, -0.15) is 16.9 Å². The molecule has 16 heavy (non-hydrogen) atoms. The molecule has 0 aliphatic heterocycles. The fraction of sp³-hybridized carbons (Fsp3) is 0.667. The lowest BCUT2D eigenvalue weighted by molar-refractivity contribution is -0.131. The molecule has 1 aromatic heterocycles. The monoisotopic (exact) mass is 243 g/mol. The van der Waals surface area contributed by atoms with Crippen LogP contribution in [0.4, 0.5) is 0 Å². The van der Waals surface area contributed by atoms with E-state index in [0.29, 0.717) is 18.8 Å². The van der Waals surface area contributed by atoms with Crippen molar-refractivity contribution in [3.05, 3.63) is 12.2 Å². The van der Waals surface area contributed by atoms with E-state index in [9.17, 15) is 4.79 Å². The van der Waals surface area contributed by atoms with Crippen molar-refractivity contribution in [2.75, 3.05) is 19.1 Å². The molecule has 0 aliphatic rings. The first-order valence-electron chi connectivity index (χ1n) is 4.99. The summed E-state index contributed by atoms with van der Waals surface area (Å²) in [5.74, 6) is 1.49. The number of rotatable bonds is 6. The number of likely N-dealkylation sites (N-methyl/N-ethyl adjacent to an activating group) is 1. The molecule has 7 heteroatoms. The lowest BCUT2D eigenvalue weighted by Crippen LogP contribution is -2.41. The Kier molecular flexibility index (Phi) is 5.27. The average molecular weight is 243 g/mol. The largest absolute Gasteiger partial charge is 0.337 e. The molecule has 1 amide bonds. The molecule has 1 rings (SSSR count). The van der Waals surface area contributed by atoms with Crippen molar-refractivity contribution >= 4 is 17.7 Å². The predicted molar refractivity (Wildman–Crippen MR) is 63.8 cm³/mol. The third-order valence-corrected chi connectivity index (χ3v) is 2.82. The van der Waals surface area contributed by atoms with Crippen LogP contribution in [0, 0.1) is 0 Å². The van der Waals surface area contributed by atoms with Gasteiger partial charge in [-0.25, -0.2) is 4.98 Å². The minimum Gasteiger partial charge on any atom is -0.337 e. The molecule has 1 atom stereocenters. The summed E-state index contributed by atoms with van der Waals surface area (Å²) < 4.78 is 0. The first-order chi connectivity index (χ1) is 7.65. The van der Waals surface area contributed by atoms with Crippen LogP contribution >= 0.6 is 11.8 Å². The summed E-state index contributed by atoms with van der Waals surface area (Å²) in [7, 11) is 1.71. The van der Waals surface area contributed by atoms with Crippen molar-refractivity contribution in [1.82, 2.24) is 20.1 Å². The molecule has 1 heterocycles. The van der Waals surface area contributed by atoms with Crippen LogP contribution in [0.5, 0.6) is 0 Å². The van der Waals surface area contributed by atoms with E-state index in [-0.39, 0.29) is 5.91 Å². The fourth-order valence-corrected chi connectivity index (χ4v) is 1.75. The van der Waals surface area contributed by atoms with Gasteiger partial charge in [0.1, 0.15) is 12.2 Å². The molecule has 90 valence electrons. The molecule has 0 aromatic carbocycles. The maximum absolute atomic E-state index is 11.8. The van der Waals surface area contributed by atoms with Gasteiger partial charge in [-0.1, -0.05) is 0 Å². The van der Waals surface area contributed by atoms with E-state index < -0.39 is 6.04 Å². The highest BCUT2D eigenvalue weighted by atomic mass is 32.2. The zero-order chi connectivity index (χ0) is 12.0. The minimum absolute atomic E-state index is 0.0644. The molecule has 1 aromatic rings. The van der Waals surface area contributed by atoms with E-state index in [2.05, 4.69) is 15.2 Å². The van der Waals surface area contributed by atoms with Crippen LogP contribution in [0.2, 0.25) is 0 Å². The van der Waals surface area contributed by atoms with Crippen molar-refractivity contribution in [3.8, 4) is 0 Å². The van der Waals surface area contributed by atoms with Gasteiger partial charge in [0.05, 0.1) is 12.6 Å². The molecular formula is C9H17N5OS. The highest BCUT2D eigenvalue weighted by Gasteiger charge is 2.18. The van der Waals surface area contributed by atoms with E-state index in [1.165, 1.54) is 6.33 Å². The summed E-state index contributed by atoms with van der Waals surface area (Å²) in [4.78, 5) is 17.3. The van der Waals surface area contributed by atoms with Gasteiger partial charge in [0.15, 0.2) is 0 Å². The Balaban J connectivity index is 2.41. The molecule has 6 nitrogen and oxygen atoms in total. The number of thioether (sulfide) groups is 1. The average Bonchev–Trinajstić information content (AvgIpc) is 2.77. The molecule has 0 aliphatic carbocycles. The molecule has 0 fully saturated rings. The van der Waals surface area contributed by atoms with Gasteiger partial charge >= 0.3 is 0 Å². The Morgan fingerprint density at radius 1 is 1.75 bits per heavy atom. The maximum Gasteiger partial charge on any atom is 0.239 e. The van der Waals surface area contributed by atoms with Crippen molar-refractivity contribution in [2.24, 2.45) is 5.73 Å². The van der Waals surface area contributed by atoms with Crippen LogP contribution in [0.1, 0.15) is 12.2 Å². The normalized spacial score (nSPS) is 12.4. The van der Waals surface area contributed by atoms with E-state index in [1.807, 2.05) is 6.26 Å². The molecule has 0 bridgehead atoms. The van der Waals surface area contributed by atoms with Gasteiger partial charge in [-0.3, -0.25) is 9.89 Å². The van der Waals surface area contributed by atoms with Gasteiger partial charge < -0.3 is 10.6 Å². The number of H-pyrrole nitrogens is 1. The summed E-state index contributed by atoms with van der Waals surface area (Å²) in [6.07, 6.45) is 4.11. The summed E-state index contributed by atoms with van der Waals surface area (Å²) in [6, 6.07) is -0.430. The molecule has 0 radical (unpaired) electrons. The number of nitrogens with one attached hydrogen (secondary N) is 1. The lowest BCUT2D eigenvalue weighted by Gasteiger charge is -2.19. The zero-order valence-electron chi connectivity index (χ0n) is 9.51. The SMILES string of the molecule is CSCC[C@H](N)C(=O)N(C)Cc1ncn[nH]1. The minimum atomic E-state index is -0.430. The van der Waals surface area contributed by atoms with E-state index >= 15 is 0 Å². The molecule has 3 N–H and O–H groups in total. The Labute approximate surface area is 99.0 Å². The lowest BCUT2D eigenvalue weighted by atomic mass is 10.2. The van der Waals surface area contributed by atoms with Gasteiger partial charge in [-0.05, 0) is 18.4 Å². The van der Waals surface area contributed by atoms with Gasteiger partial charge in [-0.15, -0.1) is 0 Å². The molecular weight excluding hydrogens is 226 g/mol. The first-order valence-corrected chi connectivity index (χ1v) is 6.38. The van der Waals surface area contributed by atoms with Crippen LogP contribution in [0.15, 0.2) is 6.33 Å². The number of hydrogen-bond donors (Lipinski definition) is 2. The second-order valence-corrected chi connectivity index (χ2v) is 4.50. The summed E-state index contributed by atoms with van der Waals surface area (Å²) >= 11 is 1.69. The second-order valence-electron chi connectivity index (χ2n) is 3.51. The number of hydrogen-bond acceptors (Lipinski definition) is 5. The number of amides is 1. The number of aromatic nitrogens is 3. The first kappa shape index (κ1) is 13.0. The van der Waals surface area contributed by atoms with Gasteiger partial charge in [0.25, 0.3) is 0 Å². The quantitative estimate of drug-likeness (QED) is 0.725. The fourth-order valence-electron chi connectivity index (χ4n) is 1.26. The van der Waals surface area contributed by atoms with Crippen molar-refractivity contribution < 1.29 is 4.79 Å². The summed E-state index contributed by atoms with van der Waals surface area (Å²) in [5.41, 5.74) is 5.78. The Bertz CT molecular complexity index is 316. The van der Waals surface area contributed by atoms with Crippen LogP contribution in [-0.2, 0) is 11.3 Å². The molecule has 0 unspecified atom stereocenters. The third-order valence-electron chi connectivity index (χ3n) is 2.18. The van der Waals surface area contributed by atoms with E-state index in [1.54, 1.807) is 23.7 Å². The van der Waals surface area contributed by atoms with Crippen LogP contribution < -0.4 is 5.73 Å². The number of nitrogens with two attached hydrogens (primary N) is 1. The standard InChI is InChI=1S/C9H17N5OS/c1-14(5-8-11-6-12-13-8)9(15)7(10)3-4-16-2/h6-7H,3-5,10H2,1-2H3,(H,11,12,13)/t7-/m0/s1. The van der Waals surface area contributed by atoms with Crippen molar-refractivity contribution in [3.63, 3.8) is 0 Å². The Hall–Kier alpha value is -1.08. The van der Waals surface area contributed by atoms with E-state index in [0.717, 1.165) is 5.75 Å². The topological polar surface area (TPSA) is 87.9 Å². The van der Waals surface area contributed by atoms with Crippen molar-refractivity contribution in [1.29, 1.82) is 0 Å². The zero-order valence-corrected chi connectivity index (χ0v) is 10.3. The van der Waals surface area contributed by atoms with Gasteiger partial charge in [0.2, 0.25) is 5.91 Å². The van der Waals surface area contributed by atoms with Crippen LogP contribution in [-0.4, -0.2) is 51.1 Å². The van der Waals surface area contributed by atoms with Crippen molar-refractivity contribution in [2.45, 2.75) is 19.0 Å². The maximum atomic E-state index is 11.8. The van der Waals surface area contributed by atoms with Gasteiger partial charge in [0, 0.05) is 7.05 Å². The predicted octanol–water partition coefficient (Wildman–Crippen LogP) is -0.156.